The van der Waals surface area contributed by atoms with Crippen LogP contribution in [0.5, 0.6) is 0 Å². The van der Waals surface area contributed by atoms with Crippen molar-refractivity contribution < 1.29 is 9.53 Å². The molecule has 0 radical (unpaired) electrons. The number of thiocarbonyl (C=S) groups is 1. The number of rotatable bonds is 5. The highest BCUT2D eigenvalue weighted by atomic mass is 32.1. The summed E-state index contributed by atoms with van der Waals surface area (Å²) < 4.78 is 5.10. The predicted octanol–water partition coefficient (Wildman–Crippen LogP) is 2.63. The van der Waals surface area contributed by atoms with Gasteiger partial charge in [-0.3, -0.25) is 4.79 Å². The van der Waals surface area contributed by atoms with E-state index in [0.717, 1.165) is 42.9 Å². The van der Waals surface area contributed by atoms with Crippen molar-refractivity contribution >= 4 is 23.2 Å². The van der Waals surface area contributed by atoms with Gasteiger partial charge in [0.2, 0.25) is 0 Å². The van der Waals surface area contributed by atoms with Crippen LogP contribution in [0.15, 0.2) is 24.3 Å². The van der Waals surface area contributed by atoms with Gasteiger partial charge in [0.25, 0.3) is 5.91 Å². The summed E-state index contributed by atoms with van der Waals surface area (Å²) in [6, 6.07) is 8.80. The fourth-order valence-electron chi connectivity index (χ4n) is 4.16. The number of fused-ring (bicyclic) bond motifs is 2. The highest BCUT2D eigenvalue weighted by Gasteiger charge is 2.39. The highest BCUT2D eigenvalue weighted by Crippen LogP contribution is 2.34. The number of ether oxygens (including phenoxy) is 1. The van der Waals surface area contributed by atoms with Gasteiger partial charge < -0.3 is 20.3 Å². The molecule has 0 aromatic heterocycles. The lowest BCUT2D eigenvalue weighted by Crippen LogP contribution is -2.61. The molecular formula is C20H29N3O2S. The SMILES string of the molecule is COCCNC(=S)N1C2CCCC1CC(NC(=O)c1ccc(C)cc1)C2. The Labute approximate surface area is 161 Å². The number of carbonyl (C=O) groups excluding carboxylic acids is 1. The number of aryl methyl sites for hydroxylation is 1. The number of carbonyl (C=O) groups is 1. The van der Waals surface area contributed by atoms with Gasteiger partial charge in [-0.05, 0) is 63.4 Å². The molecule has 6 heteroatoms. The van der Waals surface area contributed by atoms with Crippen molar-refractivity contribution in [2.75, 3.05) is 20.3 Å². The van der Waals surface area contributed by atoms with Gasteiger partial charge >= 0.3 is 0 Å². The zero-order valence-electron chi connectivity index (χ0n) is 15.7. The minimum Gasteiger partial charge on any atom is -0.383 e. The van der Waals surface area contributed by atoms with Crippen LogP contribution >= 0.6 is 12.2 Å². The van der Waals surface area contributed by atoms with Gasteiger partial charge in [-0.25, -0.2) is 0 Å². The summed E-state index contributed by atoms with van der Waals surface area (Å²) in [7, 11) is 1.70. The summed E-state index contributed by atoms with van der Waals surface area (Å²) in [6.45, 7) is 3.42. The van der Waals surface area contributed by atoms with Crippen molar-refractivity contribution in [1.82, 2.24) is 15.5 Å². The van der Waals surface area contributed by atoms with Crippen molar-refractivity contribution in [1.29, 1.82) is 0 Å². The Balaban J connectivity index is 1.59. The molecule has 2 bridgehead atoms. The van der Waals surface area contributed by atoms with E-state index in [1.54, 1.807) is 7.11 Å². The molecule has 1 amide bonds. The van der Waals surface area contributed by atoms with Crippen LogP contribution in [-0.2, 0) is 4.74 Å². The molecule has 0 saturated carbocycles. The first-order chi connectivity index (χ1) is 12.6. The Bertz CT molecular complexity index is 620. The lowest BCUT2D eigenvalue weighted by atomic mass is 9.82. The van der Waals surface area contributed by atoms with Gasteiger partial charge in [0, 0.05) is 37.3 Å². The second-order valence-electron chi connectivity index (χ2n) is 7.38. The van der Waals surface area contributed by atoms with Crippen LogP contribution in [0.4, 0.5) is 0 Å². The molecule has 2 fully saturated rings. The van der Waals surface area contributed by atoms with E-state index < -0.39 is 0 Å². The minimum atomic E-state index is 0.0299. The van der Waals surface area contributed by atoms with Crippen LogP contribution in [0.1, 0.15) is 48.0 Å². The van der Waals surface area contributed by atoms with E-state index in [2.05, 4.69) is 15.5 Å². The van der Waals surface area contributed by atoms with Crippen molar-refractivity contribution in [3.05, 3.63) is 35.4 Å². The lowest BCUT2D eigenvalue weighted by Gasteiger charge is -2.50. The summed E-state index contributed by atoms with van der Waals surface area (Å²) in [4.78, 5) is 14.9. The van der Waals surface area contributed by atoms with E-state index in [9.17, 15) is 4.79 Å². The monoisotopic (exact) mass is 375 g/mol. The fourth-order valence-corrected chi connectivity index (χ4v) is 4.56. The zero-order valence-corrected chi connectivity index (χ0v) is 16.5. The molecule has 2 unspecified atom stereocenters. The average molecular weight is 376 g/mol. The highest BCUT2D eigenvalue weighted by molar-refractivity contribution is 7.80. The number of hydrogen-bond donors (Lipinski definition) is 2. The van der Waals surface area contributed by atoms with Gasteiger partial charge in [-0.15, -0.1) is 0 Å². The molecule has 2 atom stereocenters. The van der Waals surface area contributed by atoms with Gasteiger partial charge in [0.15, 0.2) is 5.11 Å². The molecule has 1 aromatic rings. The van der Waals surface area contributed by atoms with Crippen LogP contribution in [0.2, 0.25) is 0 Å². The Hall–Kier alpha value is -1.66. The molecule has 142 valence electrons. The molecule has 1 aromatic carbocycles. The molecule has 2 saturated heterocycles. The smallest absolute Gasteiger partial charge is 0.251 e. The Morgan fingerprint density at radius 1 is 1.23 bits per heavy atom. The molecule has 2 heterocycles. The van der Waals surface area contributed by atoms with E-state index in [1.807, 2.05) is 31.2 Å². The van der Waals surface area contributed by atoms with Crippen LogP contribution in [0.25, 0.3) is 0 Å². The molecule has 5 nitrogen and oxygen atoms in total. The molecule has 0 spiro atoms. The maximum Gasteiger partial charge on any atom is 0.251 e. The predicted molar refractivity (Wildman–Crippen MR) is 107 cm³/mol. The average Bonchev–Trinajstić information content (AvgIpc) is 2.61. The number of piperidine rings is 2. The van der Waals surface area contributed by atoms with E-state index in [4.69, 9.17) is 17.0 Å². The van der Waals surface area contributed by atoms with Crippen molar-refractivity contribution in [3.63, 3.8) is 0 Å². The molecule has 0 aliphatic carbocycles. The first-order valence-corrected chi connectivity index (χ1v) is 9.92. The second kappa shape index (κ2) is 8.82. The third-order valence-electron chi connectivity index (χ3n) is 5.44. The quantitative estimate of drug-likeness (QED) is 0.612. The molecular weight excluding hydrogens is 346 g/mol. The largest absolute Gasteiger partial charge is 0.383 e. The second-order valence-corrected chi connectivity index (χ2v) is 7.77. The van der Waals surface area contributed by atoms with Crippen molar-refractivity contribution in [2.45, 2.75) is 57.2 Å². The van der Waals surface area contributed by atoms with Crippen molar-refractivity contribution in [3.8, 4) is 0 Å². The molecule has 2 N–H and O–H groups in total. The Kier molecular flexibility index (Phi) is 6.48. The van der Waals surface area contributed by atoms with Gasteiger partial charge in [-0.2, -0.15) is 0 Å². The summed E-state index contributed by atoms with van der Waals surface area (Å²) in [5, 5.41) is 7.39. The molecule has 2 aliphatic rings. The van der Waals surface area contributed by atoms with Crippen LogP contribution < -0.4 is 10.6 Å². The van der Waals surface area contributed by atoms with Crippen LogP contribution in [-0.4, -0.2) is 54.3 Å². The van der Waals surface area contributed by atoms with E-state index in [1.165, 1.54) is 12.0 Å². The van der Waals surface area contributed by atoms with E-state index >= 15 is 0 Å². The normalized spacial score (nSPS) is 24.8. The standard InChI is InChI=1S/C20H29N3O2S/c1-14-6-8-15(9-7-14)19(24)22-16-12-17-4-3-5-18(13-16)23(17)20(26)21-10-11-25-2/h6-9,16-18H,3-5,10-13H2,1-2H3,(H,21,26)(H,22,24). The number of nitrogens with zero attached hydrogens (tertiary/aromatic N) is 1. The number of benzene rings is 1. The maximum atomic E-state index is 12.6. The van der Waals surface area contributed by atoms with Crippen LogP contribution in [0.3, 0.4) is 0 Å². The Morgan fingerprint density at radius 2 is 1.88 bits per heavy atom. The fraction of sp³-hybridized carbons (Fsp3) is 0.600. The van der Waals surface area contributed by atoms with Gasteiger partial charge in [-0.1, -0.05) is 17.7 Å². The molecule has 26 heavy (non-hydrogen) atoms. The lowest BCUT2D eigenvalue weighted by molar-refractivity contribution is 0.0737. The third-order valence-corrected chi connectivity index (χ3v) is 5.80. The van der Waals surface area contributed by atoms with Gasteiger partial charge in [0.1, 0.15) is 0 Å². The van der Waals surface area contributed by atoms with Crippen molar-refractivity contribution in [2.24, 2.45) is 0 Å². The first kappa shape index (κ1) is 19.1. The summed E-state index contributed by atoms with van der Waals surface area (Å²) >= 11 is 5.63. The summed E-state index contributed by atoms with van der Waals surface area (Å²) in [6.07, 6.45) is 5.44. The van der Waals surface area contributed by atoms with E-state index in [-0.39, 0.29) is 11.9 Å². The summed E-state index contributed by atoms with van der Waals surface area (Å²) in [5.74, 6) is 0.0299. The number of methoxy groups -OCH3 is 1. The van der Waals surface area contributed by atoms with E-state index in [0.29, 0.717) is 18.7 Å². The summed E-state index contributed by atoms with van der Waals surface area (Å²) in [5.41, 5.74) is 1.90. The molecule has 3 rings (SSSR count). The zero-order chi connectivity index (χ0) is 18.5. The van der Waals surface area contributed by atoms with Crippen LogP contribution in [0, 0.1) is 6.92 Å². The number of amides is 1. The Morgan fingerprint density at radius 3 is 2.50 bits per heavy atom. The third kappa shape index (κ3) is 4.54. The minimum absolute atomic E-state index is 0.0299. The first-order valence-electron chi connectivity index (χ1n) is 9.51. The topological polar surface area (TPSA) is 53.6 Å². The van der Waals surface area contributed by atoms with Gasteiger partial charge in [0.05, 0.1) is 6.61 Å². The number of hydrogen-bond acceptors (Lipinski definition) is 3. The maximum absolute atomic E-state index is 12.6. The molecule has 2 aliphatic heterocycles. The number of nitrogens with one attached hydrogen (secondary N) is 2.